The molecule has 20 heavy (non-hydrogen) atoms. The van der Waals surface area contributed by atoms with Crippen molar-refractivity contribution in [2.24, 2.45) is 0 Å². The number of carbonyl (C=O) groups is 1. The van der Waals surface area contributed by atoms with Gasteiger partial charge in [0, 0.05) is 26.2 Å². The van der Waals surface area contributed by atoms with E-state index in [2.05, 4.69) is 6.58 Å². The van der Waals surface area contributed by atoms with E-state index in [1.54, 1.807) is 20.8 Å². The van der Waals surface area contributed by atoms with Gasteiger partial charge in [-0.15, -0.1) is 6.58 Å². The first-order valence-electron chi connectivity index (χ1n) is 6.44. The number of carbonyl (C=O) groups excluding carboxylic acids is 1. The Morgan fingerprint density at radius 2 is 1.95 bits per heavy atom. The molecule has 1 rings (SSSR count). The van der Waals surface area contributed by atoms with E-state index in [0.29, 0.717) is 0 Å². The summed E-state index contributed by atoms with van der Waals surface area (Å²) >= 11 is 0. The SMILES string of the molecule is C=CCN1CCN(C(=O)OC(C)(C)C)CC1C(F)(F)F. The van der Waals surface area contributed by atoms with Crippen molar-refractivity contribution >= 4 is 6.09 Å². The van der Waals surface area contributed by atoms with E-state index in [4.69, 9.17) is 4.74 Å². The lowest BCUT2D eigenvalue weighted by Crippen LogP contribution is -2.60. The highest BCUT2D eigenvalue weighted by atomic mass is 19.4. The Morgan fingerprint density at radius 1 is 1.35 bits per heavy atom. The van der Waals surface area contributed by atoms with E-state index in [1.807, 2.05) is 0 Å². The van der Waals surface area contributed by atoms with Crippen LogP contribution in [-0.2, 0) is 4.74 Å². The molecule has 1 aliphatic heterocycles. The fraction of sp³-hybridized carbons (Fsp3) is 0.769. The molecule has 0 radical (unpaired) electrons. The number of hydrogen-bond donors (Lipinski definition) is 0. The zero-order chi connectivity index (χ0) is 15.6. The van der Waals surface area contributed by atoms with Gasteiger partial charge in [-0.25, -0.2) is 4.79 Å². The van der Waals surface area contributed by atoms with Gasteiger partial charge in [-0.2, -0.15) is 13.2 Å². The molecule has 1 unspecified atom stereocenters. The van der Waals surface area contributed by atoms with E-state index in [1.165, 1.54) is 11.0 Å². The van der Waals surface area contributed by atoms with Crippen molar-refractivity contribution in [1.82, 2.24) is 9.80 Å². The smallest absolute Gasteiger partial charge is 0.410 e. The van der Waals surface area contributed by atoms with Crippen LogP contribution in [0.3, 0.4) is 0 Å². The van der Waals surface area contributed by atoms with Crippen LogP contribution in [-0.4, -0.2) is 59.9 Å². The van der Waals surface area contributed by atoms with Gasteiger partial charge < -0.3 is 9.64 Å². The van der Waals surface area contributed by atoms with Crippen LogP contribution in [0.15, 0.2) is 12.7 Å². The summed E-state index contributed by atoms with van der Waals surface area (Å²) < 4.78 is 44.2. The fourth-order valence-electron chi connectivity index (χ4n) is 2.01. The van der Waals surface area contributed by atoms with Gasteiger partial charge in [0.1, 0.15) is 11.6 Å². The zero-order valence-corrected chi connectivity index (χ0v) is 12.0. The summed E-state index contributed by atoms with van der Waals surface area (Å²) in [6, 6.07) is -1.68. The second kappa shape index (κ2) is 6.03. The van der Waals surface area contributed by atoms with Crippen molar-refractivity contribution in [3.05, 3.63) is 12.7 Å². The van der Waals surface area contributed by atoms with E-state index in [9.17, 15) is 18.0 Å². The standard InChI is InChI=1S/C13H21F3N2O2/c1-5-6-17-7-8-18(9-10(17)13(14,15)16)11(19)20-12(2,3)4/h5,10H,1,6-9H2,2-4H3. The van der Waals surface area contributed by atoms with Crippen LogP contribution in [0.4, 0.5) is 18.0 Å². The third kappa shape index (κ3) is 4.70. The predicted molar refractivity (Wildman–Crippen MR) is 69.4 cm³/mol. The molecule has 1 aliphatic rings. The molecule has 1 fully saturated rings. The molecule has 4 nitrogen and oxygen atoms in total. The molecule has 0 saturated carbocycles. The molecule has 0 spiro atoms. The molecule has 0 aromatic rings. The van der Waals surface area contributed by atoms with Gasteiger partial charge in [0.05, 0.1) is 0 Å². The summed E-state index contributed by atoms with van der Waals surface area (Å²) in [6.45, 7) is 8.60. The maximum Gasteiger partial charge on any atom is 0.410 e. The number of hydrogen-bond acceptors (Lipinski definition) is 3. The van der Waals surface area contributed by atoms with Crippen LogP contribution in [0.25, 0.3) is 0 Å². The molecule has 7 heteroatoms. The quantitative estimate of drug-likeness (QED) is 0.734. The van der Waals surface area contributed by atoms with Crippen molar-refractivity contribution in [3.63, 3.8) is 0 Å². The Hall–Kier alpha value is -1.24. The molecular weight excluding hydrogens is 273 g/mol. The highest BCUT2D eigenvalue weighted by Crippen LogP contribution is 2.28. The topological polar surface area (TPSA) is 32.8 Å². The molecule has 0 aliphatic carbocycles. The van der Waals surface area contributed by atoms with Crippen LogP contribution in [0.1, 0.15) is 20.8 Å². The first kappa shape index (κ1) is 16.8. The summed E-state index contributed by atoms with van der Waals surface area (Å²) in [5, 5.41) is 0. The van der Waals surface area contributed by atoms with Gasteiger partial charge in [-0.05, 0) is 20.8 Å². The minimum absolute atomic E-state index is 0.145. The lowest BCUT2D eigenvalue weighted by Gasteiger charge is -2.41. The number of ether oxygens (including phenoxy) is 1. The number of alkyl halides is 3. The van der Waals surface area contributed by atoms with Gasteiger partial charge in [0.25, 0.3) is 0 Å². The molecule has 116 valence electrons. The average Bonchev–Trinajstić information content (AvgIpc) is 2.26. The number of nitrogens with zero attached hydrogens (tertiary/aromatic N) is 2. The van der Waals surface area contributed by atoms with E-state index in [-0.39, 0.29) is 19.6 Å². The van der Waals surface area contributed by atoms with E-state index < -0.39 is 30.5 Å². The van der Waals surface area contributed by atoms with E-state index >= 15 is 0 Å². The minimum atomic E-state index is -4.39. The first-order valence-corrected chi connectivity index (χ1v) is 6.44. The monoisotopic (exact) mass is 294 g/mol. The molecule has 1 heterocycles. The summed E-state index contributed by atoms with van der Waals surface area (Å²) in [5.74, 6) is 0. The predicted octanol–water partition coefficient (Wildman–Crippen LogP) is 2.66. The molecular formula is C13H21F3N2O2. The normalized spacial score (nSPS) is 21.7. The molecule has 0 bridgehead atoms. The summed E-state index contributed by atoms with van der Waals surface area (Å²) in [6.07, 6.45) is -3.66. The van der Waals surface area contributed by atoms with Crippen molar-refractivity contribution in [2.45, 2.75) is 38.6 Å². The van der Waals surface area contributed by atoms with Crippen LogP contribution in [0, 0.1) is 0 Å². The largest absolute Gasteiger partial charge is 0.444 e. The Kier molecular flexibility index (Phi) is 5.07. The maximum absolute atomic E-state index is 13.0. The van der Waals surface area contributed by atoms with Crippen molar-refractivity contribution < 1.29 is 22.7 Å². The van der Waals surface area contributed by atoms with Crippen LogP contribution >= 0.6 is 0 Å². The molecule has 0 aromatic heterocycles. The highest BCUT2D eigenvalue weighted by molar-refractivity contribution is 5.68. The summed E-state index contributed by atoms with van der Waals surface area (Å²) in [7, 11) is 0. The van der Waals surface area contributed by atoms with Crippen molar-refractivity contribution in [3.8, 4) is 0 Å². The first-order chi connectivity index (χ1) is 9.04. The van der Waals surface area contributed by atoms with Gasteiger partial charge in [-0.1, -0.05) is 6.08 Å². The molecule has 1 atom stereocenters. The van der Waals surface area contributed by atoms with Crippen molar-refractivity contribution in [2.75, 3.05) is 26.2 Å². The van der Waals surface area contributed by atoms with Gasteiger partial charge >= 0.3 is 12.3 Å². The van der Waals surface area contributed by atoms with Crippen LogP contribution in [0.2, 0.25) is 0 Å². The molecule has 0 aromatic carbocycles. The molecule has 1 amide bonds. The maximum atomic E-state index is 13.0. The van der Waals surface area contributed by atoms with Gasteiger partial charge in [0.2, 0.25) is 0 Å². The lowest BCUT2D eigenvalue weighted by atomic mass is 10.1. The van der Waals surface area contributed by atoms with E-state index in [0.717, 1.165) is 4.90 Å². The second-order valence-corrected chi connectivity index (χ2v) is 5.77. The molecule has 0 N–H and O–H groups in total. The minimum Gasteiger partial charge on any atom is -0.444 e. The highest BCUT2D eigenvalue weighted by Gasteiger charge is 2.47. The Balaban J connectivity index is 2.76. The number of rotatable bonds is 2. The number of halogens is 3. The van der Waals surface area contributed by atoms with Gasteiger partial charge in [-0.3, -0.25) is 4.90 Å². The van der Waals surface area contributed by atoms with Crippen molar-refractivity contribution in [1.29, 1.82) is 0 Å². The Morgan fingerprint density at radius 3 is 2.40 bits per heavy atom. The number of piperazine rings is 1. The number of amides is 1. The Labute approximate surface area is 117 Å². The molecule has 1 saturated heterocycles. The summed E-state index contributed by atoms with van der Waals surface area (Å²) in [5.41, 5.74) is -0.719. The average molecular weight is 294 g/mol. The van der Waals surface area contributed by atoms with Crippen LogP contribution < -0.4 is 0 Å². The zero-order valence-electron chi connectivity index (χ0n) is 12.0. The van der Waals surface area contributed by atoms with Gasteiger partial charge in [0.15, 0.2) is 0 Å². The third-order valence-corrected chi connectivity index (χ3v) is 2.88. The van der Waals surface area contributed by atoms with Crippen LogP contribution in [0.5, 0.6) is 0 Å². The Bertz CT molecular complexity index is 364. The fourth-order valence-corrected chi connectivity index (χ4v) is 2.01. The third-order valence-electron chi connectivity index (χ3n) is 2.88. The lowest BCUT2D eigenvalue weighted by molar-refractivity contribution is -0.193. The summed E-state index contributed by atoms with van der Waals surface area (Å²) in [4.78, 5) is 14.2. The second-order valence-electron chi connectivity index (χ2n) is 5.77.